The third kappa shape index (κ3) is 5.78. The first-order valence-corrected chi connectivity index (χ1v) is 15.2. The van der Waals surface area contributed by atoms with Crippen molar-refractivity contribution in [1.29, 1.82) is 0 Å². The molecule has 0 bridgehead atoms. The Morgan fingerprint density at radius 1 is 1.26 bits per heavy atom. The zero-order chi connectivity index (χ0) is 27.9. The topological polar surface area (TPSA) is 106 Å². The van der Waals surface area contributed by atoms with E-state index in [9.17, 15) is 17.8 Å². The van der Waals surface area contributed by atoms with Crippen LogP contribution in [0, 0.1) is 12.8 Å². The van der Waals surface area contributed by atoms with Gasteiger partial charge in [0.15, 0.2) is 0 Å². The molecule has 2 aliphatic rings. The summed E-state index contributed by atoms with van der Waals surface area (Å²) in [6.45, 7) is 2.37. The molecule has 5 rings (SSSR count). The molecule has 206 valence electrons. The van der Waals surface area contributed by atoms with Crippen molar-refractivity contribution >= 4 is 49.6 Å². The quantitative estimate of drug-likeness (QED) is 0.324. The van der Waals surface area contributed by atoms with E-state index in [1.807, 2.05) is 13.0 Å². The van der Waals surface area contributed by atoms with E-state index in [2.05, 4.69) is 24.6 Å². The van der Waals surface area contributed by atoms with Gasteiger partial charge in [-0.05, 0) is 44.0 Å². The molecule has 0 saturated heterocycles. The SMILES string of the molecule is CN=S(C)(=O)c1cc(-c2nc(COC)c(C)s2)ccc1Nc1cc(CC(=O)C2CC2)nc2c1N=C(C(F)F)C2. The summed E-state index contributed by atoms with van der Waals surface area (Å²) < 4.78 is 50.0. The number of hydrogen-bond donors (Lipinski definition) is 1. The molecule has 1 aliphatic heterocycles. The van der Waals surface area contributed by atoms with E-state index < -0.39 is 16.2 Å². The number of methoxy groups -OCH3 is 1. The first-order chi connectivity index (χ1) is 18.6. The van der Waals surface area contributed by atoms with Crippen LogP contribution in [0.1, 0.15) is 34.8 Å². The minimum absolute atomic E-state index is 0.0540. The lowest BCUT2D eigenvalue weighted by molar-refractivity contribution is -0.119. The fraction of sp³-hybridized carbons (Fsp3) is 0.407. The summed E-state index contributed by atoms with van der Waals surface area (Å²) in [5, 5.41) is 4.03. The van der Waals surface area contributed by atoms with Gasteiger partial charge in [-0.1, -0.05) is 0 Å². The largest absolute Gasteiger partial charge is 0.378 e. The number of aliphatic imine (C=N–C) groups is 1. The Morgan fingerprint density at radius 3 is 2.69 bits per heavy atom. The molecule has 1 aromatic carbocycles. The van der Waals surface area contributed by atoms with Crippen molar-refractivity contribution in [2.24, 2.45) is 15.3 Å². The van der Waals surface area contributed by atoms with E-state index in [0.717, 1.165) is 34.0 Å². The maximum absolute atomic E-state index is 13.6. The number of fused-ring (bicyclic) bond motifs is 1. The smallest absolute Gasteiger partial charge is 0.277 e. The second-order valence-corrected chi connectivity index (χ2v) is 13.3. The minimum atomic E-state index is -2.82. The van der Waals surface area contributed by atoms with Gasteiger partial charge in [0, 0.05) is 49.6 Å². The molecule has 1 aliphatic carbocycles. The van der Waals surface area contributed by atoms with Crippen molar-refractivity contribution in [3.05, 3.63) is 46.2 Å². The van der Waals surface area contributed by atoms with Crippen LogP contribution in [0.4, 0.5) is 25.8 Å². The number of rotatable bonds is 10. The van der Waals surface area contributed by atoms with Crippen molar-refractivity contribution < 1.29 is 22.5 Å². The van der Waals surface area contributed by atoms with Crippen LogP contribution >= 0.6 is 11.3 Å². The number of carbonyl (C=O) groups is 1. The highest BCUT2D eigenvalue weighted by Crippen LogP contribution is 2.40. The molecule has 8 nitrogen and oxygen atoms in total. The van der Waals surface area contributed by atoms with Gasteiger partial charge >= 0.3 is 0 Å². The van der Waals surface area contributed by atoms with Gasteiger partial charge in [0.1, 0.15) is 16.5 Å². The summed E-state index contributed by atoms with van der Waals surface area (Å²) in [7, 11) is 0.284. The molecular formula is C27H29F2N5O3S2. The van der Waals surface area contributed by atoms with Crippen molar-refractivity contribution in [2.45, 2.75) is 50.5 Å². The van der Waals surface area contributed by atoms with Crippen LogP contribution in [-0.2, 0) is 38.7 Å². The molecule has 0 radical (unpaired) electrons. The third-order valence-electron chi connectivity index (χ3n) is 6.79. The standard InChI is InChI=1S/C27H29F2N5O3S2/c1-14-22(13-37-3)34-27(38-14)16-7-8-18(24(9-16)39(4,36)30-2)32-19-10-17(11-23(35)15-5-6-15)31-20-12-21(26(28)29)33-25(19)20/h7-10,15,26H,5-6,11-13H2,1-4H3,(H,31,32). The highest BCUT2D eigenvalue weighted by molar-refractivity contribution is 7.93. The summed E-state index contributed by atoms with van der Waals surface area (Å²) in [6, 6.07) is 7.11. The molecular weight excluding hydrogens is 544 g/mol. The van der Waals surface area contributed by atoms with Crippen LogP contribution in [-0.4, -0.2) is 52.5 Å². The fourth-order valence-electron chi connectivity index (χ4n) is 4.43. The Labute approximate surface area is 230 Å². The average Bonchev–Trinajstić information content (AvgIpc) is 3.56. The van der Waals surface area contributed by atoms with Gasteiger partial charge in [0.05, 0.1) is 55.4 Å². The van der Waals surface area contributed by atoms with Gasteiger partial charge < -0.3 is 10.1 Å². The van der Waals surface area contributed by atoms with Crippen LogP contribution in [0.25, 0.3) is 10.6 Å². The number of anilines is 2. The van der Waals surface area contributed by atoms with Gasteiger partial charge in [0.25, 0.3) is 6.43 Å². The molecule has 0 spiro atoms. The molecule has 2 aromatic heterocycles. The monoisotopic (exact) mass is 573 g/mol. The van der Waals surface area contributed by atoms with Crippen molar-refractivity contribution in [2.75, 3.05) is 25.7 Å². The Kier molecular flexibility index (Phi) is 7.62. The van der Waals surface area contributed by atoms with Gasteiger partial charge in [-0.15, -0.1) is 11.3 Å². The Morgan fingerprint density at radius 2 is 2.03 bits per heavy atom. The Balaban J connectivity index is 1.57. The number of ketones is 1. The number of pyridine rings is 1. The van der Waals surface area contributed by atoms with Crippen LogP contribution in [0.2, 0.25) is 0 Å². The Bertz CT molecular complexity index is 1600. The normalized spacial score (nSPS) is 16.1. The highest BCUT2D eigenvalue weighted by Gasteiger charge is 2.31. The van der Waals surface area contributed by atoms with Gasteiger partial charge in [-0.25, -0.2) is 27.3 Å². The molecule has 3 heterocycles. The molecule has 39 heavy (non-hydrogen) atoms. The molecule has 1 fully saturated rings. The zero-order valence-corrected chi connectivity index (χ0v) is 23.7. The number of carbonyl (C=O) groups excluding carboxylic acids is 1. The van der Waals surface area contributed by atoms with Gasteiger partial charge in [-0.2, -0.15) is 0 Å². The predicted molar refractivity (Wildman–Crippen MR) is 149 cm³/mol. The summed E-state index contributed by atoms with van der Waals surface area (Å²) in [4.78, 5) is 27.3. The predicted octanol–water partition coefficient (Wildman–Crippen LogP) is 5.91. The second kappa shape index (κ2) is 10.8. The molecule has 0 amide bonds. The van der Waals surface area contributed by atoms with E-state index in [1.54, 1.807) is 31.6 Å². The number of aromatic nitrogens is 2. The zero-order valence-electron chi connectivity index (χ0n) is 22.1. The van der Waals surface area contributed by atoms with E-state index in [4.69, 9.17) is 4.74 Å². The number of Topliss-reactive ketones (excluding diaryl/α,β-unsaturated/α-hetero) is 1. The molecule has 12 heteroatoms. The average molecular weight is 574 g/mol. The molecule has 1 unspecified atom stereocenters. The van der Waals surface area contributed by atoms with Crippen molar-refractivity contribution in [1.82, 2.24) is 9.97 Å². The van der Waals surface area contributed by atoms with Crippen LogP contribution in [0.15, 0.2) is 38.5 Å². The van der Waals surface area contributed by atoms with E-state index in [1.165, 1.54) is 18.4 Å². The maximum Gasteiger partial charge on any atom is 0.277 e. The minimum Gasteiger partial charge on any atom is -0.378 e. The first-order valence-electron chi connectivity index (χ1n) is 12.5. The lowest BCUT2D eigenvalue weighted by Gasteiger charge is -2.17. The van der Waals surface area contributed by atoms with Crippen LogP contribution in [0.5, 0.6) is 0 Å². The number of benzene rings is 1. The van der Waals surface area contributed by atoms with Crippen LogP contribution < -0.4 is 5.32 Å². The van der Waals surface area contributed by atoms with E-state index in [-0.39, 0.29) is 30.3 Å². The molecule has 3 aromatic rings. The number of ether oxygens (including phenoxy) is 1. The summed E-state index contributed by atoms with van der Waals surface area (Å²) in [5.74, 6) is 0.151. The van der Waals surface area contributed by atoms with Crippen molar-refractivity contribution in [3.8, 4) is 10.6 Å². The lowest BCUT2D eigenvalue weighted by Crippen LogP contribution is -2.11. The molecule has 1 atom stereocenters. The third-order valence-corrected chi connectivity index (χ3v) is 9.70. The summed E-state index contributed by atoms with van der Waals surface area (Å²) in [5.41, 5.74) is 3.48. The Hall–Kier alpha value is -3.09. The first kappa shape index (κ1) is 27.5. The van der Waals surface area contributed by atoms with E-state index in [0.29, 0.717) is 40.0 Å². The van der Waals surface area contributed by atoms with Crippen LogP contribution in [0.3, 0.4) is 0 Å². The number of alkyl halides is 2. The lowest BCUT2D eigenvalue weighted by atomic mass is 10.1. The second-order valence-electron chi connectivity index (χ2n) is 9.73. The van der Waals surface area contributed by atoms with Gasteiger partial charge in [0.2, 0.25) is 0 Å². The molecule has 1 saturated carbocycles. The number of halogens is 2. The number of thiazole rings is 1. The van der Waals surface area contributed by atoms with E-state index >= 15 is 0 Å². The van der Waals surface area contributed by atoms with Gasteiger partial charge in [-0.3, -0.25) is 9.78 Å². The summed E-state index contributed by atoms with van der Waals surface area (Å²) >= 11 is 1.51. The highest BCUT2D eigenvalue weighted by atomic mass is 32.2. The summed E-state index contributed by atoms with van der Waals surface area (Å²) in [6.07, 6.45) is 0.632. The number of nitrogens with one attached hydrogen (secondary N) is 1. The number of hydrogen-bond acceptors (Lipinski definition) is 9. The maximum atomic E-state index is 13.6. The number of nitrogens with zero attached hydrogens (tertiary/aromatic N) is 4. The fourth-order valence-corrected chi connectivity index (χ4v) is 6.41. The molecule has 1 N–H and O–H groups in total. The number of aryl methyl sites for hydroxylation is 1. The van der Waals surface area contributed by atoms with Crippen molar-refractivity contribution in [3.63, 3.8) is 0 Å².